The topological polar surface area (TPSA) is 75.4 Å². The first kappa shape index (κ1) is 14.6. The van der Waals surface area contributed by atoms with Crippen LogP contribution in [0, 0.1) is 6.92 Å². The largest absolute Gasteiger partial charge is 0.392 e. The van der Waals surface area contributed by atoms with Crippen LogP contribution in [0.3, 0.4) is 0 Å². The van der Waals surface area contributed by atoms with E-state index in [1.165, 1.54) is 0 Å². The fourth-order valence-corrected chi connectivity index (χ4v) is 2.12. The lowest BCUT2D eigenvalue weighted by molar-refractivity contribution is -0.116. The zero-order chi connectivity index (χ0) is 14.5. The van der Waals surface area contributed by atoms with E-state index < -0.39 is 0 Å². The van der Waals surface area contributed by atoms with Crippen molar-refractivity contribution in [1.82, 2.24) is 5.16 Å². The van der Waals surface area contributed by atoms with Gasteiger partial charge in [0.1, 0.15) is 0 Å². The first-order chi connectivity index (χ1) is 9.60. The highest BCUT2D eigenvalue weighted by Crippen LogP contribution is 2.20. The molecule has 1 aromatic heterocycles. The number of nitrogens with zero attached hydrogens (tertiary/aromatic N) is 1. The molecule has 0 aliphatic carbocycles. The first-order valence-corrected chi connectivity index (χ1v) is 6.58. The van der Waals surface area contributed by atoms with E-state index in [1.807, 2.05) is 0 Å². The molecule has 2 aromatic rings. The number of carbonyl (C=O) groups is 1. The second kappa shape index (κ2) is 6.54. The number of aliphatic hydroxyl groups excluding tert-OH is 1. The quantitative estimate of drug-likeness (QED) is 0.889. The van der Waals surface area contributed by atoms with Gasteiger partial charge in [-0.25, -0.2) is 0 Å². The van der Waals surface area contributed by atoms with Crippen molar-refractivity contribution in [2.45, 2.75) is 26.4 Å². The molecule has 0 saturated heterocycles. The van der Waals surface area contributed by atoms with Crippen LogP contribution in [0.2, 0.25) is 5.22 Å². The third-order valence-corrected chi connectivity index (χ3v) is 3.23. The maximum absolute atomic E-state index is 11.9. The van der Waals surface area contributed by atoms with Crippen LogP contribution >= 0.6 is 11.6 Å². The molecule has 0 radical (unpaired) electrons. The SMILES string of the molecule is Cc1noc(Cl)c1CCC(=O)Nc1cccc(CO)c1. The molecule has 1 aromatic carbocycles. The molecule has 0 aliphatic heterocycles. The van der Waals surface area contributed by atoms with Crippen LogP contribution in [0.25, 0.3) is 0 Å². The number of hydrogen-bond donors (Lipinski definition) is 2. The summed E-state index contributed by atoms with van der Waals surface area (Å²) in [6.45, 7) is 1.73. The number of carbonyl (C=O) groups excluding carboxylic acids is 1. The molecule has 0 bridgehead atoms. The fraction of sp³-hybridized carbons (Fsp3) is 0.286. The Morgan fingerprint density at radius 1 is 1.50 bits per heavy atom. The van der Waals surface area contributed by atoms with E-state index in [9.17, 15) is 4.79 Å². The molecule has 0 atom stereocenters. The summed E-state index contributed by atoms with van der Waals surface area (Å²) in [6, 6.07) is 7.07. The van der Waals surface area contributed by atoms with E-state index in [1.54, 1.807) is 31.2 Å². The Morgan fingerprint density at radius 2 is 2.30 bits per heavy atom. The molecule has 0 spiro atoms. The molecule has 1 heterocycles. The second-order valence-corrected chi connectivity index (χ2v) is 4.77. The number of anilines is 1. The lowest BCUT2D eigenvalue weighted by Gasteiger charge is -2.06. The van der Waals surface area contributed by atoms with E-state index in [0.717, 1.165) is 11.1 Å². The van der Waals surface area contributed by atoms with E-state index in [-0.39, 0.29) is 24.2 Å². The van der Waals surface area contributed by atoms with Crippen molar-refractivity contribution in [3.05, 3.63) is 46.3 Å². The van der Waals surface area contributed by atoms with Crippen molar-refractivity contribution >= 4 is 23.2 Å². The Bertz CT molecular complexity index is 591. The molecule has 20 heavy (non-hydrogen) atoms. The van der Waals surface area contributed by atoms with Crippen molar-refractivity contribution in [2.24, 2.45) is 0 Å². The van der Waals surface area contributed by atoms with Gasteiger partial charge in [0.05, 0.1) is 12.3 Å². The van der Waals surface area contributed by atoms with Gasteiger partial charge in [-0.1, -0.05) is 17.3 Å². The van der Waals surface area contributed by atoms with Crippen LogP contribution in [0.1, 0.15) is 23.2 Å². The zero-order valence-electron chi connectivity index (χ0n) is 11.0. The highest BCUT2D eigenvalue weighted by molar-refractivity contribution is 6.29. The average Bonchev–Trinajstić information content (AvgIpc) is 2.76. The van der Waals surface area contributed by atoms with Gasteiger partial charge in [-0.05, 0) is 42.6 Å². The number of aryl methyl sites for hydroxylation is 1. The van der Waals surface area contributed by atoms with Gasteiger partial charge in [0.25, 0.3) is 0 Å². The van der Waals surface area contributed by atoms with Crippen LogP contribution in [-0.4, -0.2) is 16.2 Å². The standard InChI is InChI=1S/C14H15ClN2O3/c1-9-12(14(15)20-17-9)5-6-13(19)16-11-4-2-3-10(7-11)8-18/h2-4,7,18H,5-6,8H2,1H3,(H,16,19). The average molecular weight is 295 g/mol. The van der Waals surface area contributed by atoms with Crippen molar-refractivity contribution < 1.29 is 14.4 Å². The van der Waals surface area contributed by atoms with Gasteiger partial charge in [-0.2, -0.15) is 0 Å². The summed E-state index contributed by atoms with van der Waals surface area (Å²) in [5.74, 6) is -0.128. The Balaban J connectivity index is 1.92. The van der Waals surface area contributed by atoms with Gasteiger partial charge < -0.3 is 14.9 Å². The summed E-state index contributed by atoms with van der Waals surface area (Å²) in [7, 11) is 0. The van der Waals surface area contributed by atoms with Crippen molar-refractivity contribution in [3.8, 4) is 0 Å². The Labute approximate surface area is 121 Å². The molecule has 0 saturated carbocycles. The van der Waals surface area contributed by atoms with Crippen LogP contribution in [0.15, 0.2) is 28.8 Å². The molecule has 106 valence electrons. The number of halogens is 1. The monoisotopic (exact) mass is 294 g/mol. The third-order valence-electron chi connectivity index (χ3n) is 2.93. The van der Waals surface area contributed by atoms with E-state index >= 15 is 0 Å². The molecule has 2 N–H and O–H groups in total. The molecule has 5 nitrogen and oxygen atoms in total. The van der Waals surface area contributed by atoms with Gasteiger partial charge in [0.2, 0.25) is 11.1 Å². The van der Waals surface area contributed by atoms with E-state index in [0.29, 0.717) is 17.8 Å². The van der Waals surface area contributed by atoms with E-state index in [4.69, 9.17) is 21.2 Å². The molecule has 0 fully saturated rings. The predicted octanol–water partition coefficient (Wildman–Crippen LogP) is 2.70. The minimum Gasteiger partial charge on any atom is -0.392 e. The summed E-state index contributed by atoms with van der Waals surface area (Å²) in [5, 5.41) is 15.8. The highest BCUT2D eigenvalue weighted by Gasteiger charge is 2.12. The van der Waals surface area contributed by atoms with Crippen LogP contribution in [0.5, 0.6) is 0 Å². The Hall–Kier alpha value is -1.85. The summed E-state index contributed by atoms with van der Waals surface area (Å²) in [4.78, 5) is 11.9. The van der Waals surface area contributed by atoms with Gasteiger partial charge in [0, 0.05) is 17.7 Å². The van der Waals surface area contributed by atoms with Gasteiger partial charge >= 0.3 is 0 Å². The Kier molecular flexibility index (Phi) is 4.76. The number of aromatic nitrogens is 1. The summed E-state index contributed by atoms with van der Waals surface area (Å²) in [6.07, 6.45) is 0.755. The maximum atomic E-state index is 11.9. The predicted molar refractivity (Wildman–Crippen MR) is 75.6 cm³/mol. The molecular weight excluding hydrogens is 280 g/mol. The van der Waals surface area contributed by atoms with Crippen molar-refractivity contribution in [2.75, 3.05) is 5.32 Å². The number of rotatable bonds is 5. The summed E-state index contributed by atoms with van der Waals surface area (Å²) >= 11 is 5.84. The van der Waals surface area contributed by atoms with Crippen molar-refractivity contribution in [1.29, 1.82) is 0 Å². The van der Waals surface area contributed by atoms with Crippen molar-refractivity contribution in [3.63, 3.8) is 0 Å². The normalized spacial score (nSPS) is 10.6. The van der Waals surface area contributed by atoms with Gasteiger partial charge in [-0.15, -0.1) is 0 Å². The molecule has 6 heteroatoms. The summed E-state index contributed by atoms with van der Waals surface area (Å²) < 4.78 is 4.83. The maximum Gasteiger partial charge on any atom is 0.229 e. The lowest BCUT2D eigenvalue weighted by atomic mass is 10.1. The molecular formula is C14H15ClN2O3. The minimum absolute atomic E-state index is 0.0563. The number of hydrogen-bond acceptors (Lipinski definition) is 4. The van der Waals surface area contributed by atoms with E-state index in [2.05, 4.69) is 10.5 Å². The van der Waals surface area contributed by atoms with Gasteiger partial charge in [-0.3, -0.25) is 4.79 Å². The number of amides is 1. The smallest absolute Gasteiger partial charge is 0.229 e. The lowest BCUT2D eigenvalue weighted by Crippen LogP contribution is -2.12. The van der Waals surface area contributed by atoms with Gasteiger partial charge in [0.15, 0.2) is 0 Å². The molecule has 0 aliphatic rings. The second-order valence-electron chi connectivity index (χ2n) is 4.43. The number of benzene rings is 1. The first-order valence-electron chi connectivity index (χ1n) is 6.20. The van der Waals surface area contributed by atoms with Crippen LogP contribution in [-0.2, 0) is 17.8 Å². The van der Waals surface area contributed by atoms with Crippen LogP contribution in [0.4, 0.5) is 5.69 Å². The third kappa shape index (κ3) is 3.59. The Morgan fingerprint density at radius 3 is 2.95 bits per heavy atom. The highest BCUT2D eigenvalue weighted by atomic mass is 35.5. The molecule has 2 rings (SSSR count). The number of nitrogens with one attached hydrogen (secondary N) is 1. The fourth-order valence-electron chi connectivity index (χ4n) is 1.85. The zero-order valence-corrected chi connectivity index (χ0v) is 11.8. The minimum atomic E-state index is -0.128. The van der Waals surface area contributed by atoms with Crippen LogP contribution < -0.4 is 5.32 Å². The summed E-state index contributed by atoms with van der Waals surface area (Å²) in [5.41, 5.74) is 2.87. The molecule has 0 unspecified atom stereocenters. The molecule has 1 amide bonds. The number of aliphatic hydroxyl groups is 1.